The Morgan fingerprint density at radius 3 is 1.67 bits per heavy atom. The second kappa shape index (κ2) is 6.46. The van der Waals surface area contributed by atoms with Crippen LogP contribution in [-0.2, 0) is 33.6 Å². The zero-order chi connectivity index (χ0) is 15.3. The van der Waals surface area contributed by atoms with Crippen LogP contribution in [0.2, 0.25) is 0 Å². The standard InChI is InChI=1S/2C5H5.2C3H2O2.Ti/c2*1-2-4-5-3-1;2*1-2-3(4)5;/h2*1-3H,4H2;2*1H,(H,4,5);/q;;;;+2/p-2. The molecule has 0 aromatic heterocycles. The Kier molecular flexibility index (Phi) is 4.65. The van der Waals surface area contributed by atoms with Gasteiger partial charge >= 0.3 is 127 Å². The van der Waals surface area contributed by atoms with Crippen molar-refractivity contribution >= 4 is 11.9 Å². The van der Waals surface area contributed by atoms with Crippen molar-refractivity contribution in [3.8, 4) is 24.7 Å². The fourth-order valence-corrected chi connectivity index (χ4v) is 6.91. The minimum atomic E-state index is -4.12. The van der Waals surface area contributed by atoms with Crippen molar-refractivity contribution < 1.29 is 33.6 Å². The van der Waals surface area contributed by atoms with E-state index in [2.05, 4.69) is 0 Å². The molecule has 2 aliphatic rings. The zero-order valence-corrected chi connectivity index (χ0v) is 12.7. The summed E-state index contributed by atoms with van der Waals surface area (Å²) in [4.78, 5) is 23.3. The van der Waals surface area contributed by atoms with E-state index >= 15 is 0 Å². The summed E-state index contributed by atoms with van der Waals surface area (Å²) >= 11 is -4.12. The van der Waals surface area contributed by atoms with Crippen LogP contribution in [0.3, 0.4) is 0 Å². The molecule has 0 radical (unpaired) electrons. The van der Waals surface area contributed by atoms with E-state index in [0.29, 0.717) is 12.8 Å². The van der Waals surface area contributed by atoms with Gasteiger partial charge in [-0.2, -0.15) is 0 Å². The van der Waals surface area contributed by atoms with E-state index in [0.717, 1.165) is 7.76 Å². The van der Waals surface area contributed by atoms with Crippen molar-refractivity contribution in [3.63, 3.8) is 0 Å². The first-order chi connectivity index (χ1) is 10.1. The second-order valence-corrected chi connectivity index (χ2v) is 8.90. The first kappa shape index (κ1) is 15.1. The van der Waals surface area contributed by atoms with Gasteiger partial charge in [-0.25, -0.2) is 0 Å². The molecule has 21 heavy (non-hydrogen) atoms. The van der Waals surface area contributed by atoms with Crippen molar-refractivity contribution in [3.05, 3.63) is 44.2 Å². The molecule has 4 nitrogen and oxygen atoms in total. The van der Waals surface area contributed by atoms with Crippen LogP contribution in [0.15, 0.2) is 44.2 Å². The van der Waals surface area contributed by atoms with Gasteiger partial charge in [-0.15, -0.1) is 0 Å². The minimum absolute atomic E-state index is 0.549. The molecule has 0 amide bonds. The molecule has 0 saturated carbocycles. The summed E-state index contributed by atoms with van der Waals surface area (Å²) in [7, 11) is 0. The number of hydrogen-bond donors (Lipinski definition) is 0. The average molecular weight is 316 g/mol. The number of hydrogen-bond acceptors (Lipinski definition) is 4. The van der Waals surface area contributed by atoms with Gasteiger partial charge in [0.15, 0.2) is 0 Å². The monoisotopic (exact) mass is 316 g/mol. The molecule has 0 bridgehead atoms. The molecule has 0 aromatic carbocycles. The number of terminal acetylenes is 2. The molecule has 0 N–H and O–H groups in total. The maximum absolute atomic E-state index is 11.7. The van der Waals surface area contributed by atoms with Crippen LogP contribution < -0.4 is 0 Å². The normalized spacial score (nSPS) is 15.7. The van der Waals surface area contributed by atoms with E-state index in [-0.39, 0.29) is 0 Å². The Labute approximate surface area is 127 Å². The molecule has 0 spiro atoms. The summed E-state index contributed by atoms with van der Waals surface area (Å²) in [6.45, 7) is 0. The van der Waals surface area contributed by atoms with Gasteiger partial charge in [0.05, 0.1) is 0 Å². The Hall–Kier alpha value is -2.27. The molecule has 0 fully saturated rings. The molecular weight excluding hydrogens is 304 g/mol. The van der Waals surface area contributed by atoms with Crippen LogP contribution in [0.25, 0.3) is 0 Å². The van der Waals surface area contributed by atoms with Crippen LogP contribution in [0.4, 0.5) is 0 Å². The van der Waals surface area contributed by atoms with Crippen molar-refractivity contribution in [2.75, 3.05) is 0 Å². The number of carbonyl (C=O) groups excluding carboxylic acids is 2. The SMILES string of the molecule is C#CC(=O)[O][Ti]([O]C(=O)C#C)([C]1=CC=CC1)[C]1=CC=CC1. The molecular formula is C16H12O4Ti. The van der Waals surface area contributed by atoms with Crippen molar-refractivity contribution in [1.29, 1.82) is 0 Å². The first-order valence-corrected chi connectivity index (χ1v) is 9.07. The van der Waals surface area contributed by atoms with Gasteiger partial charge in [0, 0.05) is 0 Å². The number of allylic oxidation sites excluding steroid dienone is 8. The van der Waals surface area contributed by atoms with E-state index in [1.54, 1.807) is 12.2 Å². The first-order valence-electron chi connectivity index (χ1n) is 6.24. The summed E-state index contributed by atoms with van der Waals surface area (Å²) in [6, 6.07) is 0. The second-order valence-electron chi connectivity index (χ2n) is 4.33. The molecule has 0 saturated heterocycles. The summed E-state index contributed by atoms with van der Waals surface area (Å²) in [6.07, 6.45) is 22.3. The third kappa shape index (κ3) is 3.08. The predicted octanol–water partition coefficient (Wildman–Crippen LogP) is 2.01. The van der Waals surface area contributed by atoms with Crippen LogP contribution >= 0.6 is 0 Å². The topological polar surface area (TPSA) is 52.6 Å². The van der Waals surface area contributed by atoms with Gasteiger partial charge in [-0.05, 0) is 0 Å². The summed E-state index contributed by atoms with van der Waals surface area (Å²) in [5.74, 6) is 2.12. The molecule has 2 rings (SSSR count). The number of rotatable bonds is 4. The third-order valence-corrected chi connectivity index (χ3v) is 8.37. The quantitative estimate of drug-likeness (QED) is 0.588. The van der Waals surface area contributed by atoms with E-state index in [4.69, 9.17) is 19.5 Å². The zero-order valence-electron chi connectivity index (χ0n) is 11.2. The van der Waals surface area contributed by atoms with Crippen LogP contribution in [0.5, 0.6) is 0 Å². The van der Waals surface area contributed by atoms with Crippen molar-refractivity contribution in [1.82, 2.24) is 0 Å². The Bertz CT molecular complexity index is 620. The third-order valence-electron chi connectivity index (χ3n) is 3.10. The Balaban J connectivity index is 2.47. The molecule has 2 aliphatic carbocycles. The fourth-order valence-electron chi connectivity index (χ4n) is 2.19. The summed E-state index contributed by atoms with van der Waals surface area (Å²) in [5.41, 5.74) is 0. The Morgan fingerprint density at radius 2 is 1.38 bits per heavy atom. The van der Waals surface area contributed by atoms with Gasteiger partial charge in [0.1, 0.15) is 0 Å². The molecule has 0 heterocycles. The molecule has 0 unspecified atom stereocenters. The van der Waals surface area contributed by atoms with E-state index in [9.17, 15) is 9.59 Å². The van der Waals surface area contributed by atoms with E-state index in [1.165, 1.54) is 0 Å². The van der Waals surface area contributed by atoms with E-state index in [1.807, 2.05) is 36.1 Å². The van der Waals surface area contributed by atoms with Gasteiger partial charge in [0.25, 0.3) is 0 Å². The molecule has 104 valence electrons. The van der Waals surface area contributed by atoms with Gasteiger partial charge < -0.3 is 0 Å². The molecule has 0 aliphatic heterocycles. The average Bonchev–Trinajstić information content (AvgIpc) is 3.18. The van der Waals surface area contributed by atoms with Crippen molar-refractivity contribution in [2.24, 2.45) is 0 Å². The predicted molar refractivity (Wildman–Crippen MR) is 73.5 cm³/mol. The number of carbonyl (C=O) groups is 2. The Morgan fingerprint density at radius 1 is 0.952 bits per heavy atom. The van der Waals surface area contributed by atoms with Gasteiger partial charge in [-0.3, -0.25) is 0 Å². The van der Waals surface area contributed by atoms with Crippen LogP contribution in [0.1, 0.15) is 12.8 Å². The molecule has 5 heteroatoms. The fraction of sp³-hybridized carbons (Fsp3) is 0.125. The van der Waals surface area contributed by atoms with Gasteiger partial charge in [-0.1, -0.05) is 0 Å². The molecule has 0 atom stereocenters. The maximum atomic E-state index is 11.7. The van der Waals surface area contributed by atoms with Gasteiger partial charge in [0.2, 0.25) is 0 Å². The summed E-state index contributed by atoms with van der Waals surface area (Å²) in [5, 5.41) is 0. The van der Waals surface area contributed by atoms with Crippen LogP contribution in [0, 0.1) is 24.7 Å². The molecule has 0 aromatic rings. The van der Waals surface area contributed by atoms with Crippen LogP contribution in [-0.4, -0.2) is 11.9 Å². The summed E-state index contributed by atoms with van der Waals surface area (Å²) < 4.78 is 12.5. The van der Waals surface area contributed by atoms with Crippen molar-refractivity contribution in [2.45, 2.75) is 12.8 Å². The van der Waals surface area contributed by atoms with E-state index < -0.39 is 29.3 Å².